The molecule has 0 heterocycles. The van der Waals surface area contributed by atoms with E-state index in [0.29, 0.717) is 24.0 Å². The number of hydrogen-bond acceptors (Lipinski definition) is 3. The number of hydrogen-bond donors (Lipinski definition) is 0. The molecule has 0 aliphatic heterocycles. The fraction of sp³-hybridized carbons (Fsp3) is 0.263. The van der Waals surface area contributed by atoms with Crippen LogP contribution in [-0.2, 0) is 4.74 Å². The molecule has 0 aliphatic carbocycles. The summed E-state index contributed by atoms with van der Waals surface area (Å²) in [7, 11) is 1.35. The van der Waals surface area contributed by atoms with Crippen LogP contribution in [0.25, 0.3) is 0 Å². The molecule has 0 radical (unpaired) electrons. The molecule has 0 atom stereocenters. The van der Waals surface area contributed by atoms with E-state index in [0.717, 1.165) is 0 Å². The van der Waals surface area contributed by atoms with Crippen LogP contribution in [0.4, 0.5) is 0 Å². The van der Waals surface area contributed by atoms with Crippen molar-refractivity contribution in [3.8, 4) is 0 Å². The molecule has 2 aromatic rings. The van der Waals surface area contributed by atoms with Crippen LogP contribution in [0.3, 0.4) is 0 Å². The molecule has 0 fully saturated rings. The van der Waals surface area contributed by atoms with Gasteiger partial charge in [0.2, 0.25) is 11.8 Å². The first-order chi connectivity index (χ1) is 12.1. The summed E-state index contributed by atoms with van der Waals surface area (Å²) in [4.78, 5) is 25.6. The van der Waals surface area contributed by atoms with Crippen LogP contribution < -0.4 is 0 Å². The van der Waals surface area contributed by atoms with Gasteiger partial charge in [-0.15, -0.1) is 0 Å². The fourth-order valence-electron chi connectivity index (χ4n) is 2.55. The zero-order chi connectivity index (χ0) is 18.2. The molecule has 0 aliphatic rings. The molecule has 0 saturated heterocycles. The van der Waals surface area contributed by atoms with Gasteiger partial charge < -0.3 is 13.9 Å². The lowest BCUT2D eigenvalue weighted by Crippen LogP contribution is -2.56. The smallest absolute Gasteiger partial charge is 0.278 e. The van der Waals surface area contributed by atoms with E-state index >= 15 is 0 Å². The molecule has 2 rings (SSSR count). The third kappa shape index (κ3) is 4.77. The van der Waals surface area contributed by atoms with Gasteiger partial charge in [-0.05, 0) is 31.2 Å². The predicted molar refractivity (Wildman–Crippen MR) is 101 cm³/mol. The maximum Gasteiger partial charge on any atom is 0.278 e. The van der Waals surface area contributed by atoms with Crippen LogP contribution in [0, 0.1) is 0 Å². The lowest BCUT2D eigenvalue weighted by molar-refractivity contribution is 0.0811. The maximum absolute atomic E-state index is 12.8. The molecule has 0 spiro atoms. The van der Waals surface area contributed by atoms with Crippen molar-refractivity contribution in [2.45, 2.75) is 6.92 Å². The van der Waals surface area contributed by atoms with E-state index in [2.05, 4.69) is 0 Å². The van der Waals surface area contributed by atoms with E-state index < -0.39 is 9.12 Å². The first-order valence-electron chi connectivity index (χ1n) is 8.28. The van der Waals surface area contributed by atoms with Crippen LogP contribution >= 0.6 is 0 Å². The van der Waals surface area contributed by atoms with E-state index in [4.69, 9.17) is 4.74 Å². The molecule has 2 aromatic carbocycles. The molecule has 0 aromatic heterocycles. The minimum atomic E-state index is -2.15. The Morgan fingerprint density at radius 3 is 1.60 bits per heavy atom. The number of carbonyl (C=O) groups is 2. The lowest BCUT2D eigenvalue weighted by Gasteiger charge is -2.34. The monoisotopic (exact) mass is 356 g/mol. The Morgan fingerprint density at radius 1 is 0.840 bits per heavy atom. The molecular weight excluding hydrogens is 332 g/mol. The molecule has 0 bridgehead atoms. The van der Waals surface area contributed by atoms with Crippen LogP contribution in [0.1, 0.15) is 27.6 Å². The van der Waals surface area contributed by atoms with Gasteiger partial charge in [-0.25, -0.2) is 0 Å². The Balaban J connectivity index is 2.22. The molecule has 25 heavy (non-hydrogen) atoms. The van der Waals surface area contributed by atoms with Gasteiger partial charge in [-0.3, -0.25) is 9.59 Å². The molecule has 5 nitrogen and oxygen atoms in total. The number of benzene rings is 2. The minimum absolute atomic E-state index is 0.0929. The first kappa shape index (κ1) is 18.9. The predicted octanol–water partition coefficient (Wildman–Crippen LogP) is 2.33. The molecule has 2 amide bonds. The van der Waals surface area contributed by atoms with Gasteiger partial charge in [0.25, 0.3) is 9.12 Å². The van der Waals surface area contributed by atoms with Crippen molar-refractivity contribution in [3.63, 3.8) is 0 Å². The molecular formula is C19H24N2O3Si. The van der Waals surface area contributed by atoms with Gasteiger partial charge in [0.1, 0.15) is 0 Å². The second kappa shape index (κ2) is 9.15. The Hall–Kier alpha value is -2.44. The zero-order valence-electron chi connectivity index (χ0n) is 14.9. The van der Waals surface area contributed by atoms with Crippen molar-refractivity contribution in [3.05, 3.63) is 71.8 Å². The third-order valence-electron chi connectivity index (χ3n) is 4.05. The Labute approximate surface area is 150 Å². The van der Waals surface area contributed by atoms with Crippen molar-refractivity contribution in [1.82, 2.24) is 9.13 Å². The van der Waals surface area contributed by atoms with Gasteiger partial charge in [0, 0.05) is 31.8 Å². The summed E-state index contributed by atoms with van der Waals surface area (Å²) in [6, 6.07) is 18.2. The molecule has 6 heteroatoms. The number of ether oxygens (including phenoxy) is 1. The highest BCUT2D eigenvalue weighted by molar-refractivity contribution is 6.59. The van der Waals surface area contributed by atoms with Gasteiger partial charge in [-0.1, -0.05) is 36.4 Å². The van der Waals surface area contributed by atoms with Crippen molar-refractivity contribution in [1.29, 1.82) is 0 Å². The normalized spacial score (nSPS) is 10.6. The molecule has 0 unspecified atom stereocenters. The summed E-state index contributed by atoms with van der Waals surface area (Å²) in [5, 5.41) is 0. The van der Waals surface area contributed by atoms with E-state index in [1.54, 1.807) is 47.5 Å². The van der Waals surface area contributed by atoms with Crippen LogP contribution in [0.15, 0.2) is 60.7 Å². The SMILES string of the molecule is CCOC[SiH](N(C)C(=O)c1ccccc1)N(C)C(=O)c1ccccc1. The summed E-state index contributed by atoms with van der Waals surface area (Å²) < 4.78 is 8.96. The maximum atomic E-state index is 12.8. The second-order valence-corrected chi connectivity index (χ2v) is 8.55. The van der Waals surface area contributed by atoms with Crippen molar-refractivity contribution in [2.75, 3.05) is 26.9 Å². The number of amides is 2. The van der Waals surface area contributed by atoms with Gasteiger partial charge >= 0.3 is 0 Å². The highest BCUT2D eigenvalue weighted by Crippen LogP contribution is 2.11. The van der Waals surface area contributed by atoms with Gasteiger partial charge in [-0.2, -0.15) is 0 Å². The Kier molecular flexibility index (Phi) is 6.91. The fourth-order valence-corrected chi connectivity index (χ4v) is 4.80. The van der Waals surface area contributed by atoms with Crippen LogP contribution in [0.5, 0.6) is 0 Å². The summed E-state index contributed by atoms with van der Waals surface area (Å²) in [6.45, 7) is 2.45. The first-order valence-corrected chi connectivity index (χ1v) is 10.1. The van der Waals surface area contributed by atoms with E-state index in [9.17, 15) is 9.59 Å². The summed E-state index contributed by atoms with van der Waals surface area (Å²) in [5.41, 5.74) is 1.22. The largest absolute Gasteiger partial charge is 0.381 e. The summed E-state index contributed by atoms with van der Waals surface area (Å²) in [5.74, 6) is -0.186. The highest BCUT2D eigenvalue weighted by atomic mass is 28.3. The highest BCUT2D eigenvalue weighted by Gasteiger charge is 2.30. The summed E-state index contributed by atoms with van der Waals surface area (Å²) in [6.07, 6.45) is 0.390. The average Bonchev–Trinajstić information content (AvgIpc) is 2.68. The van der Waals surface area contributed by atoms with Crippen LogP contribution in [0.2, 0.25) is 0 Å². The van der Waals surface area contributed by atoms with Crippen LogP contribution in [-0.4, -0.2) is 57.0 Å². The van der Waals surface area contributed by atoms with Crippen molar-refractivity contribution >= 4 is 20.9 Å². The standard InChI is InChI=1S/C19H24N2O3Si/c1-4-24-15-25(20(2)18(22)16-11-7-5-8-12-16)21(3)19(23)17-13-9-6-10-14-17/h5-14,25H,4,15H2,1-3H3. The van der Waals surface area contributed by atoms with Gasteiger partial charge in [0.05, 0.1) is 6.23 Å². The van der Waals surface area contributed by atoms with Crippen molar-refractivity contribution < 1.29 is 14.3 Å². The zero-order valence-corrected chi connectivity index (χ0v) is 16.0. The Bertz CT molecular complexity index is 637. The second-order valence-electron chi connectivity index (χ2n) is 5.70. The number of rotatable bonds is 7. The summed E-state index contributed by atoms with van der Waals surface area (Å²) >= 11 is 0. The molecule has 0 N–H and O–H groups in total. The van der Waals surface area contributed by atoms with E-state index in [1.165, 1.54) is 0 Å². The minimum Gasteiger partial charge on any atom is -0.381 e. The lowest BCUT2D eigenvalue weighted by atomic mass is 10.2. The van der Waals surface area contributed by atoms with E-state index in [1.807, 2.05) is 43.3 Å². The van der Waals surface area contributed by atoms with Gasteiger partial charge in [0.15, 0.2) is 0 Å². The van der Waals surface area contributed by atoms with E-state index in [-0.39, 0.29) is 11.8 Å². The number of carbonyl (C=O) groups excluding carboxylic acids is 2. The molecule has 132 valence electrons. The molecule has 0 saturated carbocycles. The third-order valence-corrected chi connectivity index (χ3v) is 6.84. The Morgan fingerprint density at radius 2 is 1.24 bits per heavy atom. The average molecular weight is 356 g/mol. The number of nitrogens with zero attached hydrogens (tertiary/aromatic N) is 2. The quantitative estimate of drug-likeness (QED) is 0.716. The topological polar surface area (TPSA) is 49.9 Å². The van der Waals surface area contributed by atoms with Crippen molar-refractivity contribution in [2.24, 2.45) is 0 Å².